The van der Waals surface area contributed by atoms with Crippen LogP contribution in [-0.4, -0.2) is 54.9 Å². The van der Waals surface area contributed by atoms with Gasteiger partial charge in [0.25, 0.3) is 23.6 Å². The summed E-state index contributed by atoms with van der Waals surface area (Å²) in [7, 11) is 4.85. The SMILES string of the molecule is C=C(Br)C(=O)Nc1cc(C(=O)Nc2cc(C(=O)Nc3cc(C(=O)NCCC(=N)N)n(C)n3)n(C)c2)n(C)c1. The minimum atomic E-state index is -0.506. The average molecular weight is 587 g/mol. The van der Waals surface area contributed by atoms with Gasteiger partial charge in [0.15, 0.2) is 5.82 Å². The van der Waals surface area contributed by atoms with E-state index in [4.69, 9.17) is 11.1 Å². The van der Waals surface area contributed by atoms with Crippen molar-refractivity contribution in [3.63, 3.8) is 0 Å². The largest absolute Gasteiger partial charge is 0.388 e. The Balaban J connectivity index is 1.66. The lowest BCUT2D eigenvalue weighted by Crippen LogP contribution is -2.29. The van der Waals surface area contributed by atoms with Gasteiger partial charge in [-0.2, -0.15) is 5.10 Å². The summed E-state index contributed by atoms with van der Waals surface area (Å²) in [6.45, 7) is 3.70. The molecule has 0 aliphatic rings. The standard InChI is InChI=1S/C23H27BrN10O4/c1-12(24)20(35)28-13-7-15(32(2)10-13)22(37)29-14-8-16(33(3)11-14)23(38)30-19-9-17(34(4)31-19)21(36)27-6-5-18(25)26/h7-11H,1,5-6H2,2-4H3,(H3,25,26)(H,27,36)(H,28,35)(H,29,37)(H,30,31,38). The number of carbonyl (C=O) groups is 4. The second-order valence-corrected chi connectivity index (χ2v) is 9.24. The first-order chi connectivity index (χ1) is 17.8. The Morgan fingerprint density at radius 1 is 0.921 bits per heavy atom. The van der Waals surface area contributed by atoms with Gasteiger partial charge in [0.05, 0.1) is 21.7 Å². The molecule has 0 fully saturated rings. The highest BCUT2D eigenvalue weighted by Crippen LogP contribution is 2.19. The number of aromatic nitrogens is 4. The lowest BCUT2D eigenvalue weighted by molar-refractivity contribution is -0.112. The van der Waals surface area contributed by atoms with E-state index in [9.17, 15) is 19.2 Å². The number of amides is 4. The molecule has 200 valence electrons. The van der Waals surface area contributed by atoms with Crippen molar-refractivity contribution in [3.8, 4) is 0 Å². The van der Waals surface area contributed by atoms with Crippen molar-refractivity contribution in [3.05, 3.63) is 58.7 Å². The zero-order valence-corrected chi connectivity index (χ0v) is 22.5. The zero-order chi connectivity index (χ0) is 28.1. The Hall–Kier alpha value is -4.66. The Bertz CT molecular complexity index is 1450. The Kier molecular flexibility index (Phi) is 8.52. The van der Waals surface area contributed by atoms with Crippen LogP contribution < -0.4 is 27.0 Å². The van der Waals surface area contributed by atoms with Crippen LogP contribution in [0.5, 0.6) is 0 Å². The van der Waals surface area contributed by atoms with Gasteiger partial charge in [-0.15, -0.1) is 0 Å². The van der Waals surface area contributed by atoms with Crippen LogP contribution in [-0.2, 0) is 25.9 Å². The van der Waals surface area contributed by atoms with Gasteiger partial charge in [0.2, 0.25) is 0 Å². The summed E-state index contributed by atoms with van der Waals surface area (Å²) in [4.78, 5) is 49.8. The molecule has 0 aromatic carbocycles. The van der Waals surface area contributed by atoms with Gasteiger partial charge < -0.3 is 36.1 Å². The fraction of sp³-hybridized carbons (Fsp3) is 0.217. The summed E-state index contributed by atoms with van der Waals surface area (Å²) >= 11 is 3.00. The monoisotopic (exact) mass is 586 g/mol. The third-order valence-electron chi connectivity index (χ3n) is 5.27. The van der Waals surface area contributed by atoms with Crippen LogP contribution >= 0.6 is 15.9 Å². The first-order valence-corrected chi connectivity index (χ1v) is 11.9. The highest BCUT2D eigenvalue weighted by Gasteiger charge is 2.19. The Morgan fingerprint density at radius 2 is 1.47 bits per heavy atom. The van der Waals surface area contributed by atoms with Crippen molar-refractivity contribution >= 4 is 62.6 Å². The van der Waals surface area contributed by atoms with E-state index in [2.05, 4.69) is 48.9 Å². The minimum Gasteiger partial charge on any atom is -0.388 e. The number of hydrogen-bond acceptors (Lipinski definition) is 6. The van der Waals surface area contributed by atoms with E-state index in [0.29, 0.717) is 11.4 Å². The maximum atomic E-state index is 12.9. The number of amidine groups is 1. The van der Waals surface area contributed by atoms with Crippen LogP contribution in [0.2, 0.25) is 0 Å². The Morgan fingerprint density at radius 3 is 2.03 bits per heavy atom. The molecular weight excluding hydrogens is 560 g/mol. The molecule has 4 amide bonds. The summed E-state index contributed by atoms with van der Waals surface area (Å²) in [5.74, 6) is -1.70. The van der Waals surface area contributed by atoms with Crippen LogP contribution in [0.4, 0.5) is 17.2 Å². The molecule has 0 aliphatic carbocycles. The fourth-order valence-electron chi connectivity index (χ4n) is 3.43. The van der Waals surface area contributed by atoms with Crippen molar-refractivity contribution in [1.82, 2.24) is 24.2 Å². The molecule has 3 aromatic rings. The summed E-state index contributed by atoms with van der Waals surface area (Å²) < 4.78 is 4.55. The van der Waals surface area contributed by atoms with Crippen LogP contribution in [0, 0.1) is 5.41 Å². The topological polar surface area (TPSA) is 194 Å². The molecule has 0 atom stereocenters. The van der Waals surface area contributed by atoms with Gasteiger partial charge in [-0.25, -0.2) is 0 Å². The number of rotatable bonds is 10. The van der Waals surface area contributed by atoms with E-state index < -0.39 is 23.6 Å². The molecule has 14 nitrogen and oxygen atoms in total. The third-order valence-corrected chi connectivity index (χ3v) is 5.63. The predicted octanol–water partition coefficient (Wildman–Crippen LogP) is 1.50. The van der Waals surface area contributed by atoms with Crippen molar-refractivity contribution in [2.24, 2.45) is 26.9 Å². The van der Waals surface area contributed by atoms with Crippen molar-refractivity contribution in [2.45, 2.75) is 6.42 Å². The maximum absolute atomic E-state index is 12.9. The van der Waals surface area contributed by atoms with Gasteiger partial charge in [-0.1, -0.05) is 6.58 Å². The molecule has 7 N–H and O–H groups in total. The van der Waals surface area contributed by atoms with E-state index in [-0.39, 0.29) is 46.2 Å². The number of aryl methyl sites for hydroxylation is 3. The second-order valence-electron chi connectivity index (χ2n) is 8.29. The van der Waals surface area contributed by atoms with Crippen LogP contribution in [0.3, 0.4) is 0 Å². The highest BCUT2D eigenvalue weighted by atomic mass is 79.9. The van der Waals surface area contributed by atoms with Gasteiger partial charge in [-0.3, -0.25) is 29.3 Å². The lowest BCUT2D eigenvalue weighted by atomic mass is 10.3. The molecule has 0 bridgehead atoms. The van der Waals surface area contributed by atoms with Crippen molar-refractivity contribution in [2.75, 3.05) is 22.5 Å². The quantitative estimate of drug-likeness (QED) is 0.118. The highest BCUT2D eigenvalue weighted by molar-refractivity contribution is 9.12. The lowest BCUT2D eigenvalue weighted by Gasteiger charge is -2.03. The van der Waals surface area contributed by atoms with E-state index >= 15 is 0 Å². The van der Waals surface area contributed by atoms with Gasteiger partial charge in [0.1, 0.15) is 17.1 Å². The number of halogens is 1. The first-order valence-electron chi connectivity index (χ1n) is 11.1. The molecule has 0 aliphatic heterocycles. The average Bonchev–Trinajstić information content (AvgIpc) is 3.49. The molecule has 15 heteroatoms. The van der Waals surface area contributed by atoms with Crippen LogP contribution in [0.25, 0.3) is 0 Å². The number of anilines is 3. The normalized spacial score (nSPS) is 10.5. The number of nitrogens with two attached hydrogens (primary N) is 1. The molecule has 0 radical (unpaired) electrons. The van der Waals surface area contributed by atoms with Gasteiger partial charge in [-0.05, 0) is 28.1 Å². The number of carbonyl (C=O) groups excluding carboxylic acids is 4. The van der Waals surface area contributed by atoms with Crippen LogP contribution in [0.1, 0.15) is 37.9 Å². The molecule has 3 heterocycles. The summed E-state index contributed by atoms with van der Waals surface area (Å²) in [5.41, 5.74) is 6.79. The predicted molar refractivity (Wildman–Crippen MR) is 146 cm³/mol. The molecule has 0 saturated heterocycles. The smallest absolute Gasteiger partial charge is 0.273 e. The van der Waals surface area contributed by atoms with Crippen molar-refractivity contribution in [1.29, 1.82) is 5.41 Å². The zero-order valence-electron chi connectivity index (χ0n) is 20.9. The molecule has 3 aromatic heterocycles. The molecule has 3 rings (SSSR count). The van der Waals surface area contributed by atoms with Crippen LogP contribution in [0.15, 0.2) is 41.7 Å². The Labute approximate surface area is 225 Å². The molecular formula is C23H27BrN10O4. The van der Waals surface area contributed by atoms with E-state index in [0.717, 1.165) is 0 Å². The van der Waals surface area contributed by atoms with Gasteiger partial charge >= 0.3 is 0 Å². The summed E-state index contributed by atoms with van der Waals surface area (Å²) in [5, 5.41) is 22.0. The maximum Gasteiger partial charge on any atom is 0.273 e. The second kappa shape index (κ2) is 11.6. The number of nitrogens with zero attached hydrogens (tertiary/aromatic N) is 4. The number of hydrogen-bond donors (Lipinski definition) is 6. The molecule has 0 saturated carbocycles. The number of nitrogens with one attached hydrogen (secondary N) is 5. The molecule has 38 heavy (non-hydrogen) atoms. The van der Waals surface area contributed by atoms with E-state index in [1.807, 2.05) is 0 Å². The van der Waals surface area contributed by atoms with Gasteiger partial charge in [0, 0.05) is 52.6 Å². The molecule has 0 spiro atoms. The fourth-order valence-corrected chi connectivity index (χ4v) is 3.53. The molecule has 0 unspecified atom stereocenters. The summed E-state index contributed by atoms with van der Waals surface area (Å²) in [6, 6.07) is 4.42. The minimum absolute atomic E-state index is 0.0415. The van der Waals surface area contributed by atoms with E-state index in [1.54, 1.807) is 38.1 Å². The third kappa shape index (κ3) is 6.76. The summed E-state index contributed by atoms with van der Waals surface area (Å²) in [6.07, 6.45) is 3.37. The van der Waals surface area contributed by atoms with Crippen molar-refractivity contribution < 1.29 is 19.2 Å². The first kappa shape index (κ1) is 27.9. The van der Waals surface area contributed by atoms with E-state index in [1.165, 1.54) is 27.4 Å².